The summed E-state index contributed by atoms with van der Waals surface area (Å²) < 4.78 is 11.2. The highest BCUT2D eigenvalue weighted by Gasteiger charge is 2.06. The Kier molecular flexibility index (Phi) is 24.1. The van der Waals surface area contributed by atoms with Crippen molar-refractivity contribution in [2.45, 2.75) is 156 Å². The first kappa shape index (κ1) is 28.9. The molecular formula is C27H56O2. The van der Waals surface area contributed by atoms with Crippen LogP contribution in [0.15, 0.2) is 0 Å². The highest BCUT2D eigenvalue weighted by atomic mass is 16.7. The van der Waals surface area contributed by atoms with Gasteiger partial charge in [-0.15, -0.1) is 0 Å². The quantitative estimate of drug-likeness (QED) is 0.116. The van der Waals surface area contributed by atoms with Gasteiger partial charge in [-0.3, -0.25) is 0 Å². The largest absolute Gasteiger partial charge is 0.353 e. The van der Waals surface area contributed by atoms with Crippen molar-refractivity contribution in [1.82, 2.24) is 0 Å². The van der Waals surface area contributed by atoms with Crippen molar-refractivity contribution >= 4 is 0 Å². The van der Waals surface area contributed by atoms with Gasteiger partial charge in [-0.1, -0.05) is 123 Å². The zero-order valence-corrected chi connectivity index (χ0v) is 20.8. The van der Waals surface area contributed by atoms with E-state index < -0.39 is 0 Å². The minimum atomic E-state index is 0.0261. The summed E-state index contributed by atoms with van der Waals surface area (Å²) in [5.41, 5.74) is 0. The zero-order valence-electron chi connectivity index (χ0n) is 20.8. The van der Waals surface area contributed by atoms with Gasteiger partial charge in [0.2, 0.25) is 0 Å². The van der Waals surface area contributed by atoms with Crippen LogP contribution in [0, 0.1) is 5.92 Å². The maximum absolute atomic E-state index is 5.60. The molecule has 0 aliphatic heterocycles. The molecule has 0 N–H and O–H groups in total. The van der Waals surface area contributed by atoms with E-state index >= 15 is 0 Å². The standard InChI is InChI=1S/C27H56O2/c1-5-8-9-10-14-17-20-23-26(4)24-21-18-15-12-11-13-16-19-22-25-27(28-6-2)29-7-3/h26-27H,5-25H2,1-4H3. The van der Waals surface area contributed by atoms with Crippen molar-refractivity contribution in [3.05, 3.63) is 0 Å². The van der Waals surface area contributed by atoms with Crippen LogP contribution in [0.2, 0.25) is 0 Å². The molecule has 0 aromatic heterocycles. The molecule has 176 valence electrons. The Morgan fingerprint density at radius 2 is 0.793 bits per heavy atom. The molecule has 0 bridgehead atoms. The van der Waals surface area contributed by atoms with Gasteiger partial charge in [0.15, 0.2) is 6.29 Å². The summed E-state index contributed by atoms with van der Waals surface area (Å²) in [6, 6.07) is 0. The van der Waals surface area contributed by atoms with E-state index in [2.05, 4.69) is 13.8 Å². The molecule has 0 radical (unpaired) electrons. The van der Waals surface area contributed by atoms with E-state index in [0.29, 0.717) is 0 Å². The third-order valence-corrected chi connectivity index (χ3v) is 6.14. The van der Waals surface area contributed by atoms with Crippen LogP contribution < -0.4 is 0 Å². The van der Waals surface area contributed by atoms with Gasteiger partial charge in [0.05, 0.1) is 0 Å². The molecule has 0 aromatic rings. The average molecular weight is 413 g/mol. The molecule has 2 nitrogen and oxygen atoms in total. The van der Waals surface area contributed by atoms with E-state index in [4.69, 9.17) is 9.47 Å². The smallest absolute Gasteiger partial charge is 0.157 e. The normalized spacial score (nSPS) is 12.7. The number of hydrogen-bond donors (Lipinski definition) is 0. The molecule has 0 rings (SSSR count). The van der Waals surface area contributed by atoms with Crippen LogP contribution in [0.25, 0.3) is 0 Å². The lowest BCUT2D eigenvalue weighted by Gasteiger charge is -2.16. The molecule has 0 aromatic carbocycles. The van der Waals surface area contributed by atoms with Gasteiger partial charge in [-0.05, 0) is 32.6 Å². The number of hydrogen-bond acceptors (Lipinski definition) is 2. The van der Waals surface area contributed by atoms with Crippen molar-refractivity contribution in [3.63, 3.8) is 0 Å². The summed E-state index contributed by atoms with van der Waals surface area (Å²) in [4.78, 5) is 0. The summed E-state index contributed by atoms with van der Waals surface area (Å²) >= 11 is 0. The van der Waals surface area contributed by atoms with Gasteiger partial charge in [0, 0.05) is 13.2 Å². The van der Waals surface area contributed by atoms with Gasteiger partial charge >= 0.3 is 0 Å². The molecule has 1 atom stereocenters. The van der Waals surface area contributed by atoms with E-state index in [9.17, 15) is 0 Å². The maximum atomic E-state index is 5.60. The Bertz CT molecular complexity index is 286. The van der Waals surface area contributed by atoms with E-state index in [1.807, 2.05) is 13.8 Å². The van der Waals surface area contributed by atoms with E-state index in [1.165, 1.54) is 116 Å². The molecular weight excluding hydrogens is 356 g/mol. The summed E-state index contributed by atoms with van der Waals surface area (Å²) in [5.74, 6) is 0.947. The lowest BCUT2D eigenvalue weighted by atomic mass is 9.96. The highest BCUT2D eigenvalue weighted by molar-refractivity contribution is 4.56. The first-order valence-corrected chi connectivity index (χ1v) is 13.5. The molecule has 0 spiro atoms. The Morgan fingerprint density at radius 1 is 0.448 bits per heavy atom. The Hall–Kier alpha value is -0.0800. The second-order valence-electron chi connectivity index (χ2n) is 9.11. The maximum Gasteiger partial charge on any atom is 0.157 e. The average Bonchev–Trinajstić information content (AvgIpc) is 2.71. The molecule has 0 aliphatic carbocycles. The first-order chi connectivity index (χ1) is 14.2. The van der Waals surface area contributed by atoms with Crippen LogP contribution in [-0.2, 0) is 9.47 Å². The van der Waals surface area contributed by atoms with Crippen molar-refractivity contribution in [2.24, 2.45) is 5.92 Å². The SMILES string of the molecule is CCCCCCCCCC(C)CCCCCCCCCCCC(OCC)OCC. The minimum absolute atomic E-state index is 0.0261. The zero-order chi connectivity index (χ0) is 21.4. The van der Waals surface area contributed by atoms with Gasteiger partial charge < -0.3 is 9.47 Å². The van der Waals surface area contributed by atoms with Crippen molar-refractivity contribution < 1.29 is 9.47 Å². The van der Waals surface area contributed by atoms with Crippen molar-refractivity contribution in [2.75, 3.05) is 13.2 Å². The molecule has 1 unspecified atom stereocenters. The summed E-state index contributed by atoms with van der Waals surface area (Å²) in [6.45, 7) is 10.4. The summed E-state index contributed by atoms with van der Waals surface area (Å²) in [5, 5.41) is 0. The van der Waals surface area contributed by atoms with Crippen molar-refractivity contribution in [3.8, 4) is 0 Å². The fourth-order valence-electron chi connectivity index (χ4n) is 4.22. The second kappa shape index (κ2) is 24.2. The number of rotatable bonds is 24. The second-order valence-corrected chi connectivity index (χ2v) is 9.11. The topological polar surface area (TPSA) is 18.5 Å². The van der Waals surface area contributed by atoms with Crippen LogP contribution in [-0.4, -0.2) is 19.5 Å². The fourth-order valence-corrected chi connectivity index (χ4v) is 4.22. The Morgan fingerprint density at radius 3 is 1.17 bits per heavy atom. The third-order valence-electron chi connectivity index (χ3n) is 6.14. The molecule has 0 amide bonds. The van der Waals surface area contributed by atoms with Crippen LogP contribution >= 0.6 is 0 Å². The minimum Gasteiger partial charge on any atom is -0.353 e. The molecule has 0 heterocycles. The summed E-state index contributed by atoms with van der Waals surface area (Å²) in [7, 11) is 0. The van der Waals surface area contributed by atoms with E-state index in [0.717, 1.165) is 25.6 Å². The lowest BCUT2D eigenvalue weighted by Crippen LogP contribution is -2.17. The molecule has 0 saturated carbocycles. The number of unbranched alkanes of at least 4 members (excludes halogenated alkanes) is 14. The highest BCUT2D eigenvalue weighted by Crippen LogP contribution is 2.19. The lowest BCUT2D eigenvalue weighted by molar-refractivity contribution is -0.140. The monoisotopic (exact) mass is 412 g/mol. The Balaban J connectivity index is 3.26. The molecule has 0 aliphatic rings. The van der Waals surface area contributed by atoms with Gasteiger partial charge in [0.1, 0.15) is 0 Å². The van der Waals surface area contributed by atoms with Gasteiger partial charge in [-0.25, -0.2) is 0 Å². The van der Waals surface area contributed by atoms with Gasteiger partial charge in [-0.2, -0.15) is 0 Å². The van der Waals surface area contributed by atoms with Crippen LogP contribution in [0.3, 0.4) is 0 Å². The van der Waals surface area contributed by atoms with Gasteiger partial charge in [0.25, 0.3) is 0 Å². The third kappa shape index (κ3) is 22.4. The predicted octanol–water partition coefficient (Wildman–Crippen LogP) is 9.45. The molecule has 0 fully saturated rings. The fraction of sp³-hybridized carbons (Fsp3) is 1.00. The molecule has 0 saturated heterocycles. The van der Waals surface area contributed by atoms with E-state index in [1.54, 1.807) is 0 Å². The van der Waals surface area contributed by atoms with E-state index in [-0.39, 0.29) is 6.29 Å². The first-order valence-electron chi connectivity index (χ1n) is 13.5. The number of ether oxygens (including phenoxy) is 2. The van der Waals surface area contributed by atoms with Crippen LogP contribution in [0.1, 0.15) is 150 Å². The predicted molar refractivity (Wildman–Crippen MR) is 130 cm³/mol. The molecule has 2 heteroatoms. The molecule has 29 heavy (non-hydrogen) atoms. The summed E-state index contributed by atoms with van der Waals surface area (Å²) in [6.07, 6.45) is 26.6. The Labute approximate surface area is 184 Å². The van der Waals surface area contributed by atoms with Crippen molar-refractivity contribution in [1.29, 1.82) is 0 Å². The van der Waals surface area contributed by atoms with Crippen LogP contribution in [0.5, 0.6) is 0 Å². The van der Waals surface area contributed by atoms with Crippen LogP contribution in [0.4, 0.5) is 0 Å².